The van der Waals surface area contributed by atoms with E-state index in [-0.39, 0.29) is 16.6 Å². The van der Waals surface area contributed by atoms with Crippen molar-refractivity contribution < 1.29 is 9.66 Å². The predicted molar refractivity (Wildman–Crippen MR) is 111 cm³/mol. The van der Waals surface area contributed by atoms with Crippen molar-refractivity contribution in [2.24, 2.45) is 0 Å². The summed E-state index contributed by atoms with van der Waals surface area (Å²) in [4.78, 5) is 30.6. The molecule has 0 aliphatic carbocycles. The fourth-order valence-corrected chi connectivity index (χ4v) is 3.06. The van der Waals surface area contributed by atoms with Crippen LogP contribution in [-0.4, -0.2) is 53.7 Å². The van der Waals surface area contributed by atoms with E-state index in [1.54, 1.807) is 31.4 Å². The molecule has 3 aromatic rings. The molecule has 0 radical (unpaired) electrons. The Hall–Kier alpha value is -3.30. The van der Waals surface area contributed by atoms with Crippen molar-refractivity contribution in [2.75, 3.05) is 34.3 Å². The molecule has 0 aliphatic rings. The highest BCUT2D eigenvalue weighted by molar-refractivity contribution is 5.80. The monoisotopic (exact) mass is 397 g/mol. The molecule has 1 aromatic heterocycles. The maximum absolute atomic E-state index is 13.3. The van der Waals surface area contributed by atoms with Gasteiger partial charge in [0.15, 0.2) is 0 Å². The van der Waals surface area contributed by atoms with Crippen molar-refractivity contribution in [3.8, 4) is 11.4 Å². The summed E-state index contributed by atoms with van der Waals surface area (Å²) in [5.74, 6) is 1.22. The molecule has 1 heterocycles. The lowest BCUT2D eigenvalue weighted by atomic mass is 10.2. The number of methoxy groups -OCH3 is 1. The smallest absolute Gasteiger partial charge is 0.270 e. The fraction of sp³-hybridized carbons (Fsp3) is 0.300. The van der Waals surface area contributed by atoms with Gasteiger partial charge in [-0.3, -0.25) is 24.4 Å². The number of nitro benzene ring substituents is 1. The van der Waals surface area contributed by atoms with Gasteiger partial charge in [-0.15, -0.1) is 0 Å². The Morgan fingerprint density at radius 1 is 1.24 bits per heavy atom. The molecule has 3 rings (SSSR count). The van der Waals surface area contributed by atoms with Crippen molar-refractivity contribution >= 4 is 16.6 Å². The van der Waals surface area contributed by atoms with Crippen LogP contribution < -0.4 is 15.6 Å². The molecule has 0 atom stereocenters. The van der Waals surface area contributed by atoms with Gasteiger partial charge < -0.3 is 10.1 Å². The first-order chi connectivity index (χ1) is 13.9. The Balaban J connectivity index is 2.18. The minimum absolute atomic E-state index is 0.142. The molecule has 0 saturated heterocycles. The van der Waals surface area contributed by atoms with Crippen LogP contribution in [0.15, 0.2) is 47.3 Å². The van der Waals surface area contributed by atoms with Crippen LogP contribution in [0.1, 0.15) is 5.82 Å². The molecule has 0 saturated carbocycles. The number of likely N-dealkylation sites (N-methyl/N-ethyl adjacent to an activating group) is 2. The molecule has 2 aromatic carbocycles. The molecule has 1 N–H and O–H groups in total. The molecule has 0 unspecified atom stereocenters. The summed E-state index contributed by atoms with van der Waals surface area (Å²) in [7, 11) is 5.39. The standard InChI is InChI=1S/C20H23N5O4/c1-21-10-11-23(2)13-19-22-18-9-6-15(25(27)28)12-17(18)20(26)24(19)14-4-7-16(29-3)8-5-14/h4-9,12,21H,10-11,13H2,1-3H3. The van der Waals surface area contributed by atoms with Crippen LogP contribution in [0.2, 0.25) is 0 Å². The molecule has 152 valence electrons. The summed E-state index contributed by atoms with van der Waals surface area (Å²) in [6, 6.07) is 11.2. The van der Waals surface area contributed by atoms with Gasteiger partial charge in [-0.2, -0.15) is 0 Å². The van der Waals surface area contributed by atoms with Gasteiger partial charge in [-0.25, -0.2) is 4.98 Å². The van der Waals surface area contributed by atoms with Gasteiger partial charge in [0, 0.05) is 25.2 Å². The summed E-state index contributed by atoms with van der Waals surface area (Å²) in [6.07, 6.45) is 0. The van der Waals surface area contributed by atoms with E-state index in [0.29, 0.717) is 29.3 Å². The third-order valence-corrected chi connectivity index (χ3v) is 4.62. The van der Waals surface area contributed by atoms with Crippen LogP contribution in [0.25, 0.3) is 16.6 Å². The number of hydrogen-bond donors (Lipinski definition) is 1. The Kier molecular flexibility index (Phi) is 6.20. The Morgan fingerprint density at radius 2 is 1.97 bits per heavy atom. The molecule has 0 amide bonds. The zero-order valence-electron chi connectivity index (χ0n) is 16.6. The maximum Gasteiger partial charge on any atom is 0.270 e. The van der Waals surface area contributed by atoms with Crippen LogP contribution >= 0.6 is 0 Å². The van der Waals surface area contributed by atoms with E-state index in [1.807, 2.05) is 14.1 Å². The lowest BCUT2D eigenvalue weighted by Gasteiger charge is -2.20. The topological polar surface area (TPSA) is 103 Å². The summed E-state index contributed by atoms with van der Waals surface area (Å²) in [6.45, 7) is 2.01. The van der Waals surface area contributed by atoms with Crippen molar-refractivity contribution in [1.29, 1.82) is 0 Å². The maximum atomic E-state index is 13.3. The molecule has 0 aliphatic heterocycles. The zero-order valence-corrected chi connectivity index (χ0v) is 16.6. The third kappa shape index (κ3) is 4.41. The Labute approximate surface area is 167 Å². The highest BCUT2D eigenvalue weighted by Gasteiger charge is 2.17. The van der Waals surface area contributed by atoms with Gasteiger partial charge in [0.1, 0.15) is 11.6 Å². The SMILES string of the molecule is CNCCN(C)Cc1nc2ccc([N+](=O)[O-])cc2c(=O)n1-c1ccc(OC)cc1. The van der Waals surface area contributed by atoms with Crippen LogP contribution in [0.4, 0.5) is 5.69 Å². The highest BCUT2D eigenvalue weighted by Crippen LogP contribution is 2.20. The van der Waals surface area contributed by atoms with Gasteiger partial charge in [-0.05, 0) is 44.4 Å². The summed E-state index contributed by atoms with van der Waals surface area (Å²) >= 11 is 0. The summed E-state index contributed by atoms with van der Waals surface area (Å²) < 4.78 is 6.69. The minimum atomic E-state index is -0.518. The fourth-order valence-electron chi connectivity index (χ4n) is 3.06. The average molecular weight is 397 g/mol. The van der Waals surface area contributed by atoms with Gasteiger partial charge >= 0.3 is 0 Å². The number of nitrogens with zero attached hydrogens (tertiary/aromatic N) is 4. The number of nitrogens with one attached hydrogen (secondary N) is 1. The number of hydrogen-bond acceptors (Lipinski definition) is 7. The number of aromatic nitrogens is 2. The van der Waals surface area contributed by atoms with E-state index in [9.17, 15) is 14.9 Å². The quantitative estimate of drug-likeness (QED) is 0.458. The van der Waals surface area contributed by atoms with Crippen LogP contribution in [-0.2, 0) is 6.54 Å². The van der Waals surface area contributed by atoms with E-state index < -0.39 is 4.92 Å². The largest absolute Gasteiger partial charge is 0.497 e. The Morgan fingerprint density at radius 3 is 2.59 bits per heavy atom. The third-order valence-electron chi connectivity index (χ3n) is 4.62. The van der Waals surface area contributed by atoms with Gasteiger partial charge in [-0.1, -0.05) is 0 Å². The number of non-ortho nitro benzene ring substituents is 1. The molecular formula is C20H23N5O4. The van der Waals surface area contributed by atoms with Crippen molar-refractivity contribution in [2.45, 2.75) is 6.54 Å². The second-order valence-electron chi connectivity index (χ2n) is 6.67. The molecule has 29 heavy (non-hydrogen) atoms. The second-order valence-corrected chi connectivity index (χ2v) is 6.67. The van der Waals surface area contributed by atoms with Crippen LogP contribution in [0.5, 0.6) is 5.75 Å². The molecule has 9 nitrogen and oxygen atoms in total. The highest BCUT2D eigenvalue weighted by atomic mass is 16.6. The van der Waals surface area contributed by atoms with Gasteiger partial charge in [0.25, 0.3) is 11.2 Å². The number of ether oxygens (including phenoxy) is 1. The van der Waals surface area contributed by atoms with E-state index in [1.165, 1.54) is 22.8 Å². The van der Waals surface area contributed by atoms with Gasteiger partial charge in [0.2, 0.25) is 0 Å². The minimum Gasteiger partial charge on any atom is -0.497 e. The van der Waals surface area contributed by atoms with E-state index >= 15 is 0 Å². The molecule has 0 spiro atoms. The number of benzene rings is 2. The van der Waals surface area contributed by atoms with Crippen LogP contribution in [0, 0.1) is 10.1 Å². The Bertz CT molecular complexity index is 1080. The normalized spacial score (nSPS) is 11.2. The van der Waals surface area contributed by atoms with Crippen molar-refractivity contribution in [3.05, 3.63) is 68.8 Å². The molecule has 0 bridgehead atoms. The van der Waals surface area contributed by atoms with E-state index in [2.05, 4.69) is 15.2 Å². The lowest BCUT2D eigenvalue weighted by molar-refractivity contribution is -0.384. The first-order valence-corrected chi connectivity index (χ1v) is 9.12. The van der Waals surface area contributed by atoms with Crippen LogP contribution in [0.3, 0.4) is 0 Å². The summed E-state index contributed by atoms with van der Waals surface area (Å²) in [5, 5.41) is 14.4. The summed E-state index contributed by atoms with van der Waals surface area (Å²) in [5.41, 5.74) is 0.563. The first kappa shape index (κ1) is 20.4. The van der Waals surface area contributed by atoms with Gasteiger partial charge in [0.05, 0.1) is 35.2 Å². The van der Waals surface area contributed by atoms with Crippen molar-refractivity contribution in [3.63, 3.8) is 0 Å². The first-order valence-electron chi connectivity index (χ1n) is 9.12. The lowest BCUT2D eigenvalue weighted by Crippen LogP contribution is -2.31. The molecule has 0 fully saturated rings. The van der Waals surface area contributed by atoms with E-state index in [4.69, 9.17) is 4.74 Å². The van der Waals surface area contributed by atoms with Crippen molar-refractivity contribution in [1.82, 2.24) is 19.8 Å². The second kappa shape index (κ2) is 8.80. The number of fused-ring (bicyclic) bond motifs is 1. The molecular weight excluding hydrogens is 374 g/mol. The predicted octanol–water partition coefficient (Wildman–Crippen LogP) is 1.95. The van der Waals surface area contributed by atoms with E-state index in [0.717, 1.165) is 13.1 Å². The number of rotatable bonds is 8. The zero-order chi connectivity index (χ0) is 21.0. The average Bonchev–Trinajstić information content (AvgIpc) is 2.72. The molecule has 9 heteroatoms. The number of nitro groups is 1.